The third kappa shape index (κ3) is 2.54. The van der Waals surface area contributed by atoms with Crippen LogP contribution in [0.2, 0.25) is 0 Å². The molecule has 1 aromatic carbocycles. The van der Waals surface area contributed by atoms with Gasteiger partial charge in [-0.25, -0.2) is 4.90 Å². The molecule has 2 rings (SSSR count). The Balaban J connectivity index is 2.19. The molecule has 0 radical (unpaired) electrons. The molecule has 1 fully saturated rings. The van der Waals surface area contributed by atoms with Crippen LogP contribution in [0.5, 0.6) is 0 Å². The largest absolute Gasteiger partial charge is 0.295 e. The van der Waals surface area contributed by atoms with Crippen LogP contribution in [-0.2, 0) is 9.59 Å². The van der Waals surface area contributed by atoms with Gasteiger partial charge in [0.15, 0.2) is 0 Å². The molecule has 0 spiro atoms. The van der Waals surface area contributed by atoms with Gasteiger partial charge in [-0.15, -0.1) is 6.42 Å². The number of nitrogens with one attached hydrogen (secondary N) is 1. The number of terminal acetylenes is 1. The summed E-state index contributed by atoms with van der Waals surface area (Å²) in [5.74, 6) is 1.96. The molecule has 4 nitrogen and oxygen atoms in total. The lowest BCUT2D eigenvalue weighted by Gasteiger charge is -2.15. The lowest BCUT2D eigenvalue weighted by Crippen LogP contribution is -2.38. The second kappa shape index (κ2) is 5.50. The van der Waals surface area contributed by atoms with Gasteiger partial charge in [-0.3, -0.25) is 14.9 Å². The molecule has 1 heterocycles. The predicted molar refractivity (Wildman–Crippen MR) is 76.9 cm³/mol. The van der Waals surface area contributed by atoms with Gasteiger partial charge in [0.05, 0.1) is 24.7 Å². The molecule has 1 aromatic rings. The van der Waals surface area contributed by atoms with E-state index < -0.39 is 6.04 Å². The SMILES string of the molecule is C#CCNC1CC(=O)N(c2ccc(I)cc2)C1=O. The molecule has 1 unspecified atom stereocenters. The van der Waals surface area contributed by atoms with E-state index in [1.807, 2.05) is 12.1 Å². The van der Waals surface area contributed by atoms with Crippen molar-refractivity contribution in [2.75, 3.05) is 11.4 Å². The van der Waals surface area contributed by atoms with Crippen LogP contribution in [0.15, 0.2) is 24.3 Å². The number of carbonyl (C=O) groups excluding carboxylic acids is 2. The highest BCUT2D eigenvalue weighted by Crippen LogP contribution is 2.23. The molecule has 1 atom stereocenters. The number of nitrogens with zero attached hydrogens (tertiary/aromatic N) is 1. The Bertz CT molecular complexity index is 519. The van der Waals surface area contributed by atoms with E-state index in [0.717, 1.165) is 3.57 Å². The average molecular weight is 354 g/mol. The van der Waals surface area contributed by atoms with Crippen LogP contribution < -0.4 is 10.2 Å². The number of benzene rings is 1. The van der Waals surface area contributed by atoms with Gasteiger partial charge in [0, 0.05) is 3.57 Å². The molecule has 1 N–H and O–H groups in total. The molecular weight excluding hydrogens is 343 g/mol. The molecule has 92 valence electrons. The lowest BCUT2D eigenvalue weighted by atomic mass is 10.2. The van der Waals surface area contributed by atoms with Gasteiger partial charge >= 0.3 is 0 Å². The Labute approximate surface area is 119 Å². The van der Waals surface area contributed by atoms with E-state index in [9.17, 15) is 9.59 Å². The van der Waals surface area contributed by atoms with Crippen LogP contribution in [0.3, 0.4) is 0 Å². The van der Waals surface area contributed by atoms with Crippen molar-refractivity contribution >= 4 is 40.1 Å². The van der Waals surface area contributed by atoms with Crippen molar-refractivity contribution < 1.29 is 9.59 Å². The van der Waals surface area contributed by atoms with Crippen molar-refractivity contribution in [3.05, 3.63) is 27.8 Å². The summed E-state index contributed by atoms with van der Waals surface area (Å²) < 4.78 is 1.05. The molecular formula is C13H11IN2O2. The number of amides is 2. The number of halogens is 1. The Morgan fingerprint density at radius 1 is 1.39 bits per heavy atom. The van der Waals surface area contributed by atoms with E-state index in [2.05, 4.69) is 33.8 Å². The molecule has 0 bridgehead atoms. The third-order valence-corrected chi connectivity index (χ3v) is 3.40. The number of anilines is 1. The molecule has 0 saturated carbocycles. The molecule has 5 heteroatoms. The van der Waals surface area contributed by atoms with Gasteiger partial charge in [0.2, 0.25) is 5.91 Å². The first-order valence-corrected chi connectivity index (χ1v) is 6.50. The van der Waals surface area contributed by atoms with Crippen LogP contribution in [0.25, 0.3) is 0 Å². The molecule has 18 heavy (non-hydrogen) atoms. The Hall–Kier alpha value is -1.39. The van der Waals surface area contributed by atoms with Crippen LogP contribution >= 0.6 is 22.6 Å². The van der Waals surface area contributed by atoms with Gasteiger partial charge in [-0.05, 0) is 46.9 Å². The minimum absolute atomic E-state index is 0.159. The topological polar surface area (TPSA) is 49.4 Å². The Kier molecular flexibility index (Phi) is 3.99. The van der Waals surface area contributed by atoms with E-state index in [-0.39, 0.29) is 24.8 Å². The van der Waals surface area contributed by atoms with Crippen LogP contribution in [0.1, 0.15) is 6.42 Å². The molecule has 1 saturated heterocycles. The summed E-state index contributed by atoms with van der Waals surface area (Å²) in [6.07, 6.45) is 5.29. The summed E-state index contributed by atoms with van der Waals surface area (Å²) >= 11 is 2.17. The monoisotopic (exact) mass is 354 g/mol. The summed E-state index contributed by atoms with van der Waals surface area (Å²) in [4.78, 5) is 25.1. The number of hydrogen-bond donors (Lipinski definition) is 1. The van der Waals surface area contributed by atoms with E-state index in [4.69, 9.17) is 6.42 Å². The van der Waals surface area contributed by atoms with Crippen molar-refractivity contribution in [3.8, 4) is 12.3 Å². The van der Waals surface area contributed by atoms with E-state index in [1.165, 1.54) is 4.90 Å². The second-order valence-corrected chi connectivity index (χ2v) is 5.13. The zero-order chi connectivity index (χ0) is 13.1. The van der Waals surface area contributed by atoms with Crippen LogP contribution in [0.4, 0.5) is 5.69 Å². The van der Waals surface area contributed by atoms with Crippen molar-refractivity contribution in [3.63, 3.8) is 0 Å². The molecule has 0 aliphatic carbocycles. The zero-order valence-electron chi connectivity index (χ0n) is 9.52. The fourth-order valence-electron chi connectivity index (χ4n) is 1.83. The fraction of sp³-hybridized carbons (Fsp3) is 0.231. The van der Waals surface area contributed by atoms with Crippen molar-refractivity contribution in [1.82, 2.24) is 5.32 Å². The van der Waals surface area contributed by atoms with Gasteiger partial charge in [0.25, 0.3) is 5.91 Å². The fourth-order valence-corrected chi connectivity index (χ4v) is 2.19. The van der Waals surface area contributed by atoms with E-state index in [0.29, 0.717) is 5.69 Å². The van der Waals surface area contributed by atoms with Gasteiger partial charge in [-0.2, -0.15) is 0 Å². The third-order valence-electron chi connectivity index (χ3n) is 2.68. The number of imide groups is 1. The van der Waals surface area contributed by atoms with Crippen molar-refractivity contribution in [1.29, 1.82) is 0 Å². The average Bonchev–Trinajstić information content (AvgIpc) is 2.63. The highest BCUT2D eigenvalue weighted by Gasteiger charge is 2.38. The standard InChI is InChI=1S/C13H11IN2O2/c1-2-7-15-11-8-12(17)16(13(11)18)10-5-3-9(14)4-6-10/h1,3-6,11,15H,7-8H2. The maximum Gasteiger partial charge on any atom is 0.251 e. The maximum atomic E-state index is 12.1. The first-order chi connectivity index (χ1) is 8.63. The maximum absolute atomic E-state index is 12.1. The first kappa shape index (κ1) is 13.1. The lowest BCUT2D eigenvalue weighted by molar-refractivity contribution is -0.121. The van der Waals surface area contributed by atoms with E-state index >= 15 is 0 Å². The minimum Gasteiger partial charge on any atom is -0.295 e. The first-order valence-electron chi connectivity index (χ1n) is 5.42. The summed E-state index contributed by atoms with van der Waals surface area (Å²) in [5, 5.41) is 2.87. The quantitative estimate of drug-likeness (QED) is 0.503. The van der Waals surface area contributed by atoms with Gasteiger partial charge < -0.3 is 0 Å². The molecule has 2 amide bonds. The zero-order valence-corrected chi connectivity index (χ0v) is 11.7. The number of rotatable bonds is 3. The number of hydrogen-bond acceptors (Lipinski definition) is 3. The summed E-state index contributed by atoms with van der Waals surface area (Å²) in [6.45, 7) is 0.282. The van der Waals surface area contributed by atoms with Crippen LogP contribution in [-0.4, -0.2) is 24.4 Å². The molecule has 1 aliphatic rings. The van der Waals surface area contributed by atoms with Crippen molar-refractivity contribution in [2.24, 2.45) is 0 Å². The smallest absolute Gasteiger partial charge is 0.251 e. The highest BCUT2D eigenvalue weighted by molar-refractivity contribution is 14.1. The normalized spacial score (nSPS) is 19.1. The number of carbonyl (C=O) groups is 2. The summed E-state index contributed by atoms with van der Waals surface area (Å²) in [6, 6.07) is 6.74. The predicted octanol–water partition coefficient (Wildman–Crippen LogP) is 1.15. The second-order valence-electron chi connectivity index (χ2n) is 3.89. The molecule has 1 aliphatic heterocycles. The molecule has 0 aromatic heterocycles. The Morgan fingerprint density at radius 2 is 2.06 bits per heavy atom. The minimum atomic E-state index is -0.507. The summed E-state index contributed by atoms with van der Waals surface area (Å²) in [7, 11) is 0. The van der Waals surface area contributed by atoms with Crippen LogP contribution in [0, 0.1) is 15.9 Å². The van der Waals surface area contributed by atoms with E-state index in [1.54, 1.807) is 12.1 Å². The highest BCUT2D eigenvalue weighted by atomic mass is 127. The summed E-state index contributed by atoms with van der Waals surface area (Å²) in [5.41, 5.74) is 0.607. The Morgan fingerprint density at radius 3 is 2.67 bits per heavy atom. The van der Waals surface area contributed by atoms with Crippen molar-refractivity contribution in [2.45, 2.75) is 12.5 Å². The van der Waals surface area contributed by atoms with Gasteiger partial charge in [0.1, 0.15) is 0 Å². The van der Waals surface area contributed by atoms with Gasteiger partial charge in [-0.1, -0.05) is 5.92 Å².